The number of benzene rings is 1. The number of fused-ring (bicyclic) bond motifs is 1. The van der Waals surface area contributed by atoms with E-state index in [4.69, 9.17) is 14.7 Å². The smallest absolute Gasteiger partial charge is 0.231 e. The highest BCUT2D eigenvalue weighted by Gasteiger charge is 2.22. The summed E-state index contributed by atoms with van der Waals surface area (Å²) in [5, 5.41) is 18.1. The molecule has 1 aliphatic heterocycles. The minimum atomic E-state index is -0.119. The van der Waals surface area contributed by atoms with Gasteiger partial charge in [0, 0.05) is 6.07 Å². The van der Waals surface area contributed by atoms with Gasteiger partial charge >= 0.3 is 0 Å². The van der Waals surface area contributed by atoms with Gasteiger partial charge in [0.25, 0.3) is 0 Å². The van der Waals surface area contributed by atoms with Gasteiger partial charge in [-0.2, -0.15) is 5.26 Å². The fourth-order valence-electron chi connectivity index (χ4n) is 1.08. The molecule has 1 heterocycles. The summed E-state index contributed by atoms with van der Waals surface area (Å²) >= 11 is 3.12. The molecule has 0 saturated heterocycles. The average molecular weight is 242 g/mol. The number of hydrogen-bond acceptors (Lipinski definition) is 4. The molecule has 5 heteroatoms. The van der Waals surface area contributed by atoms with E-state index in [0.29, 0.717) is 16.0 Å². The van der Waals surface area contributed by atoms with Gasteiger partial charge in [0.15, 0.2) is 17.2 Å². The lowest BCUT2D eigenvalue weighted by Crippen LogP contribution is -1.93. The van der Waals surface area contributed by atoms with Gasteiger partial charge in [-0.1, -0.05) is 0 Å². The van der Waals surface area contributed by atoms with E-state index in [9.17, 15) is 5.11 Å². The van der Waals surface area contributed by atoms with Gasteiger partial charge in [0.2, 0.25) is 6.79 Å². The van der Waals surface area contributed by atoms with Crippen LogP contribution in [-0.2, 0) is 0 Å². The first kappa shape index (κ1) is 8.20. The predicted octanol–water partition coefficient (Wildman–Crippen LogP) is 1.76. The van der Waals surface area contributed by atoms with Crippen molar-refractivity contribution in [2.24, 2.45) is 0 Å². The van der Waals surface area contributed by atoms with E-state index in [-0.39, 0.29) is 18.1 Å². The Labute approximate surface area is 82.4 Å². The zero-order chi connectivity index (χ0) is 9.42. The third-order valence-corrected chi connectivity index (χ3v) is 2.44. The third-order valence-electron chi connectivity index (χ3n) is 1.70. The maximum atomic E-state index is 9.46. The highest BCUT2D eigenvalue weighted by molar-refractivity contribution is 9.10. The Hall–Kier alpha value is -1.41. The van der Waals surface area contributed by atoms with Crippen LogP contribution < -0.4 is 9.47 Å². The Morgan fingerprint density at radius 1 is 1.54 bits per heavy atom. The zero-order valence-corrected chi connectivity index (χ0v) is 7.96. The summed E-state index contributed by atoms with van der Waals surface area (Å²) in [5.41, 5.74) is 0.163. The maximum Gasteiger partial charge on any atom is 0.231 e. The number of ether oxygens (including phenoxy) is 2. The van der Waals surface area contributed by atoms with Gasteiger partial charge in [-0.25, -0.2) is 0 Å². The van der Waals surface area contributed by atoms with Crippen LogP contribution in [0.15, 0.2) is 10.5 Å². The highest BCUT2D eigenvalue weighted by Crippen LogP contribution is 2.45. The molecule has 1 aromatic carbocycles. The van der Waals surface area contributed by atoms with Crippen LogP contribution in [0.3, 0.4) is 0 Å². The van der Waals surface area contributed by atoms with Crippen molar-refractivity contribution >= 4 is 15.9 Å². The van der Waals surface area contributed by atoms with Crippen LogP contribution >= 0.6 is 15.9 Å². The number of aromatic hydroxyl groups is 1. The Bertz CT molecular complexity index is 407. The molecule has 1 aromatic rings. The molecule has 0 fully saturated rings. The first-order valence-corrected chi connectivity index (χ1v) is 4.24. The van der Waals surface area contributed by atoms with Crippen LogP contribution in [0.2, 0.25) is 0 Å². The van der Waals surface area contributed by atoms with Crippen LogP contribution in [-0.4, -0.2) is 11.9 Å². The van der Waals surface area contributed by atoms with Crippen LogP contribution in [0.25, 0.3) is 0 Å². The largest absolute Gasteiger partial charge is 0.505 e. The van der Waals surface area contributed by atoms with Gasteiger partial charge in [0.1, 0.15) is 10.5 Å². The number of nitriles is 1. The number of phenolic OH excluding ortho intramolecular Hbond substituents is 1. The third kappa shape index (κ3) is 1.11. The summed E-state index contributed by atoms with van der Waals surface area (Å²) < 4.78 is 10.5. The number of halogens is 1. The molecule has 0 spiro atoms. The fraction of sp³-hybridized carbons (Fsp3) is 0.125. The van der Waals surface area contributed by atoms with Crippen LogP contribution in [0.4, 0.5) is 0 Å². The molecule has 0 unspecified atom stereocenters. The second-order valence-corrected chi connectivity index (χ2v) is 3.23. The van der Waals surface area contributed by atoms with Gasteiger partial charge in [0.05, 0.1) is 5.56 Å². The van der Waals surface area contributed by atoms with E-state index in [0.717, 1.165) is 0 Å². The molecule has 0 amide bonds. The molecule has 0 bridgehead atoms. The normalized spacial score (nSPS) is 12.6. The molecule has 0 atom stereocenters. The van der Waals surface area contributed by atoms with Gasteiger partial charge in [-0.15, -0.1) is 0 Å². The summed E-state index contributed by atoms with van der Waals surface area (Å²) in [4.78, 5) is 0. The second kappa shape index (κ2) is 2.82. The molecule has 0 saturated carbocycles. The van der Waals surface area contributed by atoms with Crippen molar-refractivity contribution in [1.29, 1.82) is 5.26 Å². The van der Waals surface area contributed by atoms with Crippen molar-refractivity contribution < 1.29 is 14.6 Å². The fourth-order valence-corrected chi connectivity index (χ4v) is 1.60. The Morgan fingerprint density at radius 3 is 3.00 bits per heavy atom. The lowest BCUT2D eigenvalue weighted by molar-refractivity contribution is 0.173. The molecule has 0 radical (unpaired) electrons. The predicted molar refractivity (Wildman–Crippen MR) is 46.6 cm³/mol. The molecule has 66 valence electrons. The molecule has 0 aromatic heterocycles. The van der Waals surface area contributed by atoms with Gasteiger partial charge < -0.3 is 14.6 Å². The molecule has 13 heavy (non-hydrogen) atoms. The van der Waals surface area contributed by atoms with Crippen molar-refractivity contribution in [2.75, 3.05) is 6.79 Å². The molecule has 4 nitrogen and oxygen atoms in total. The Balaban J connectivity index is 2.70. The standard InChI is InChI=1S/C8H4BrNO3/c9-6-7(11)4(2-10)1-5-8(6)13-3-12-5/h1,11H,3H2. The van der Waals surface area contributed by atoms with Crippen molar-refractivity contribution in [3.8, 4) is 23.3 Å². The minimum absolute atomic E-state index is 0.113. The van der Waals surface area contributed by atoms with Crippen molar-refractivity contribution in [1.82, 2.24) is 0 Å². The molecular weight excluding hydrogens is 238 g/mol. The van der Waals surface area contributed by atoms with E-state index >= 15 is 0 Å². The maximum absolute atomic E-state index is 9.46. The Morgan fingerprint density at radius 2 is 2.31 bits per heavy atom. The lowest BCUT2D eigenvalue weighted by Gasteiger charge is -2.02. The van der Waals surface area contributed by atoms with Crippen LogP contribution in [0.1, 0.15) is 5.56 Å². The minimum Gasteiger partial charge on any atom is -0.505 e. The number of nitrogens with zero attached hydrogens (tertiary/aromatic N) is 1. The second-order valence-electron chi connectivity index (χ2n) is 2.43. The molecule has 0 aliphatic carbocycles. The van der Waals surface area contributed by atoms with Gasteiger partial charge in [-0.3, -0.25) is 0 Å². The zero-order valence-electron chi connectivity index (χ0n) is 6.37. The number of phenols is 1. The van der Waals surface area contributed by atoms with E-state index in [2.05, 4.69) is 15.9 Å². The summed E-state index contributed by atoms with van der Waals surface area (Å²) in [6.07, 6.45) is 0. The summed E-state index contributed by atoms with van der Waals surface area (Å²) in [6, 6.07) is 3.30. The highest BCUT2D eigenvalue weighted by atomic mass is 79.9. The summed E-state index contributed by atoms with van der Waals surface area (Å²) in [5.74, 6) is 0.796. The number of hydrogen-bond donors (Lipinski definition) is 1. The molecule has 1 aliphatic rings. The summed E-state index contributed by atoms with van der Waals surface area (Å²) in [7, 11) is 0. The van der Waals surface area contributed by atoms with E-state index in [1.807, 2.05) is 6.07 Å². The average Bonchev–Trinajstić information content (AvgIpc) is 2.59. The Kier molecular flexibility index (Phi) is 1.78. The van der Waals surface area contributed by atoms with Crippen LogP contribution in [0, 0.1) is 11.3 Å². The first-order valence-electron chi connectivity index (χ1n) is 3.45. The first-order chi connectivity index (χ1) is 6.24. The van der Waals surface area contributed by atoms with Crippen molar-refractivity contribution in [3.05, 3.63) is 16.1 Å². The van der Waals surface area contributed by atoms with E-state index < -0.39 is 0 Å². The molecule has 1 N–H and O–H groups in total. The van der Waals surface area contributed by atoms with E-state index in [1.54, 1.807) is 0 Å². The molecular formula is C8H4BrNO3. The quantitative estimate of drug-likeness (QED) is 0.752. The lowest BCUT2D eigenvalue weighted by atomic mass is 10.2. The van der Waals surface area contributed by atoms with Crippen molar-refractivity contribution in [3.63, 3.8) is 0 Å². The van der Waals surface area contributed by atoms with Gasteiger partial charge in [-0.05, 0) is 15.9 Å². The molecule has 2 rings (SSSR count). The van der Waals surface area contributed by atoms with Crippen LogP contribution in [0.5, 0.6) is 17.2 Å². The number of rotatable bonds is 0. The monoisotopic (exact) mass is 241 g/mol. The summed E-state index contributed by atoms with van der Waals surface area (Å²) in [6.45, 7) is 0.113. The topological polar surface area (TPSA) is 62.5 Å². The van der Waals surface area contributed by atoms with Crippen molar-refractivity contribution in [2.45, 2.75) is 0 Å². The van der Waals surface area contributed by atoms with E-state index in [1.165, 1.54) is 6.07 Å². The SMILES string of the molecule is N#Cc1cc2c(c(Br)c1O)OCO2.